The molecule has 1 aliphatic carbocycles. The maximum Gasteiger partial charge on any atom is 0.340 e. The van der Waals surface area contributed by atoms with Gasteiger partial charge in [0.25, 0.3) is 0 Å². The van der Waals surface area contributed by atoms with E-state index in [2.05, 4.69) is 18.6 Å². The molecule has 0 saturated heterocycles. The van der Waals surface area contributed by atoms with Crippen molar-refractivity contribution in [3.8, 4) is 5.75 Å². The van der Waals surface area contributed by atoms with Gasteiger partial charge in [0.15, 0.2) is 0 Å². The molecule has 0 unspecified atom stereocenters. The minimum absolute atomic E-state index is 0.0222. The number of halogens is 1. The summed E-state index contributed by atoms with van der Waals surface area (Å²) in [5, 5.41) is 0. The summed E-state index contributed by atoms with van der Waals surface area (Å²) in [6.07, 6.45) is 3.27. The predicted octanol–water partition coefficient (Wildman–Crippen LogP) is 3.91. The van der Waals surface area contributed by atoms with Crippen LogP contribution in [-0.4, -0.2) is 20.2 Å². The molecule has 4 heteroatoms. The lowest BCUT2D eigenvalue weighted by atomic mass is 9.77. The fraction of sp³-hybridized carbons (Fsp3) is 0.562. The molecule has 1 aromatic rings. The number of esters is 1. The smallest absolute Gasteiger partial charge is 0.340 e. The largest absolute Gasteiger partial charge is 0.496 e. The average Bonchev–Trinajstić information content (AvgIpc) is 2.77. The zero-order valence-electron chi connectivity index (χ0n) is 12.5. The second kappa shape index (κ2) is 5.43. The Hall–Kier alpha value is -1.58. The van der Waals surface area contributed by atoms with Gasteiger partial charge in [0.05, 0.1) is 19.8 Å². The van der Waals surface area contributed by atoms with Crippen molar-refractivity contribution in [1.82, 2.24) is 0 Å². The summed E-state index contributed by atoms with van der Waals surface area (Å²) in [5.74, 6) is -0.480. The predicted molar refractivity (Wildman–Crippen MR) is 74.7 cm³/mol. The van der Waals surface area contributed by atoms with E-state index in [1.165, 1.54) is 20.3 Å². The highest BCUT2D eigenvalue weighted by molar-refractivity contribution is 5.90. The Morgan fingerprint density at radius 2 is 2.05 bits per heavy atom. The Morgan fingerprint density at radius 1 is 1.35 bits per heavy atom. The van der Waals surface area contributed by atoms with E-state index in [-0.39, 0.29) is 16.9 Å². The van der Waals surface area contributed by atoms with Gasteiger partial charge in [0.2, 0.25) is 0 Å². The molecule has 0 N–H and O–H groups in total. The Balaban J connectivity index is 2.53. The van der Waals surface area contributed by atoms with E-state index in [0.29, 0.717) is 5.75 Å². The summed E-state index contributed by atoms with van der Waals surface area (Å²) in [4.78, 5) is 11.7. The molecule has 0 radical (unpaired) electrons. The molecule has 1 aromatic carbocycles. The number of benzene rings is 1. The first-order valence-corrected chi connectivity index (χ1v) is 6.86. The van der Waals surface area contributed by atoms with Gasteiger partial charge in [-0.3, -0.25) is 0 Å². The fourth-order valence-corrected chi connectivity index (χ4v) is 3.19. The molecule has 2 rings (SSSR count). The molecule has 0 spiro atoms. The van der Waals surface area contributed by atoms with Crippen molar-refractivity contribution >= 4 is 5.97 Å². The first-order chi connectivity index (χ1) is 9.40. The maximum absolute atomic E-state index is 14.0. The summed E-state index contributed by atoms with van der Waals surface area (Å²) in [5.41, 5.74) is 1.00. The van der Waals surface area contributed by atoms with Crippen molar-refractivity contribution in [1.29, 1.82) is 0 Å². The van der Waals surface area contributed by atoms with Crippen LogP contribution in [-0.2, 0) is 4.74 Å². The second-order valence-corrected chi connectivity index (χ2v) is 6.00. The van der Waals surface area contributed by atoms with E-state index in [1.807, 2.05) is 0 Å². The quantitative estimate of drug-likeness (QED) is 0.787. The zero-order valence-corrected chi connectivity index (χ0v) is 12.5. The monoisotopic (exact) mass is 280 g/mol. The van der Waals surface area contributed by atoms with E-state index < -0.39 is 11.8 Å². The molecule has 0 aliphatic heterocycles. The van der Waals surface area contributed by atoms with Gasteiger partial charge in [0, 0.05) is 6.07 Å². The van der Waals surface area contributed by atoms with Gasteiger partial charge in [-0.1, -0.05) is 20.3 Å². The Labute approximate surface area is 119 Å². The van der Waals surface area contributed by atoms with Crippen LogP contribution in [0.25, 0.3) is 0 Å². The molecule has 1 saturated carbocycles. The molecule has 0 aromatic heterocycles. The third-order valence-corrected chi connectivity index (χ3v) is 4.36. The van der Waals surface area contributed by atoms with Crippen LogP contribution in [0.4, 0.5) is 4.39 Å². The molecule has 0 amide bonds. The second-order valence-electron chi connectivity index (χ2n) is 6.00. The molecule has 0 bridgehead atoms. The van der Waals surface area contributed by atoms with Crippen molar-refractivity contribution in [3.05, 3.63) is 29.1 Å². The normalized spacial score (nSPS) is 20.8. The molecule has 1 fully saturated rings. The number of hydrogen-bond donors (Lipinski definition) is 0. The van der Waals surface area contributed by atoms with Gasteiger partial charge in [-0.15, -0.1) is 0 Å². The number of carbonyl (C=O) groups excluding carboxylic acids is 1. The van der Waals surface area contributed by atoms with E-state index in [1.54, 1.807) is 6.07 Å². The molecular formula is C16H21FO3. The van der Waals surface area contributed by atoms with Gasteiger partial charge in [-0.05, 0) is 35.8 Å². The number of ether oxygens (including phenoxy) is 2. The minimum Gasteiger partial charge on any atom is -0.496 e. The van der Waals surface area contributed by atoms with Crippen molar-refractivity contribution in [2.75, 3.05) is 14.2 Å². The topological polar surface area (TPSA) is 35.5 Å². The van der Waals surface area contributed by atoms with Gasteiger partial charge < -0.3 is 9.47 Å². The summed E-state index contributed by atoms with van der Waals surface area (Å²) in [6, 6.07) is 2.88. The van der Waals surface area contributed by atoms with Crippen LogP contribution in [0, 0.1) is 11.2 Å². The van der Waals surface area contributed by atoms with Gasteiger partial charge in [0.1, 0.15) is 11.6 Å². The molecule has 1 atom stereocenters. The summed E-state index contributed by atoms with van der Waals surface area (Å²) >= 11 is 0. The highest BCUT2D eigenvalue weighted by Crippen LogP contribution is 2.51. The van der Waals surface area contributed by atoms with Crippen molar-refractivity contribution in [2.45, 2.75) is 39.0 Å². The lowest BCUT2D eigenvalue weighted by Gasteiger charge is -2.29. The third-order valence-electron chi connectivity index (χ3n) is 4.36. The zero-order chi connectivity index (χ0) is 14.9. The van der Waals surface area contributed by atoms with E-state index in [9.17, 15) is 9.18 Å². The van der Waals surface area contributed by atoms with Crippen molar-refractivity contribution in [3.63, 3.8) is 0 Å². The van der Waals surface area contributed by atoms with Crippen LogP contribution in [0.5, 0.6) is 5.75 Å². The Bertz CT molecular complexity index is 523. The molecule has 3 nitrogen and oxygen atoms in total. The minimum atomic E-state index is -0.651. The summed E-state index contributed by atoms with van der Waals surface area (Å²) < 4.78 is 23.9. The number of hydrogen-bond acceptors (Lipinski definition) is 3. The van der Waals surface area contributed by atoms with E-state index >= 15 is 0 Å². The first-order valence-electron chi connectivity index (χ1n) is 6.86. The standard InChI is InChI=1S/C16H21FO3/c1-16(2)7-5-6-12(16)10-8-11(15(18)20-4)13(17)9-14(10)19-3/h8-9,12H,5-7H2,1-4H3/t12-/m0/s1. The van der Waals surface area contributed by atoms with Crippen LogP contribution in [0.1, 0.15) is 54.9 Å². The number of rotatable bonds is 3. The van der Waals surface area contributed by atoms with Crippen LogP contribution < -0.4 is 4.74 Å². The molecule has 1 aliphatic rings. The highest BCUT2D eigenvalue weighted by atomic mass is 19.1. The first kappa shape index (κ1) is 14.8. The fourth-order valence-electron chi connectivity index (χ4n) is 3.19. The van der Waals surface area contributed by atoms with Gasteiger partial charge in [-0.2, -0.15) is 0 Å². The van der Waals surface area contributed by atoms with Crippen LogP contribution in [0.2, 0.25) is 0 Å². The molecule has 20 heavy (non-hydrogen) atoms. The van der Waals surface area contributed by atoms with Gasteiger partial charge >= 0.3 is 5.97 Å². The van der Waals surface area contributed by atoms with Crippen molar-refractivity contribution in [2.24, 2.45) is 5.41 Å². The van der Waals surface area contributed by atoms with Gasteiger partial charge in [-0.25, -0.2) is 9.18 Å². The van der Waals surface area contributed by atoms with E-state index in [0.717, 1.165) is 24.8 Å². The van der Waals surface area contributed by atoms with Crippen molar-refractivity contribution < 1.29 is 18.7 Å². The molecule has 0 heterocycles. The van der Waals surface area contributed by atoms with Crippen LogP contribution >= 0.6 is 0 Å². The lowest BCUT2D eigenvalue weighted by molar-refractivity contribution is 0.0595. The Morgan fingerprint density at radius 3 is 2.55 bits per heavy atom. The lowest BCUT2D eigenvalue weighted by Crippen LogP contribution is -2.17. The molecule has 110 valence electrons. The number of carbonyl (C=O) groups is 1. The Kier molecular flexibility index (Phi) is 4.02. The SMILES string of the molecule is COC(=O)c1cc([C@@H]2CCCC2(C)C)c(OC)cc1F. The van der Waals surface area contributed by atoms with Crippen LogP contribution in [0.15, 0.2) is 12.1 Å². The summed E-state index contributed by atoms with van der Waals surface area (Å²) in [6.45, 7) is 4.40. The van der Waals surface area contributed by atoms with E-state index in [4.69, 9.17) is 4.74 Å². The third kappa shape index (κ3) is 2.51. The maximum atomic E-state index is 14.0. The average molecular weight is 280 g/mol. The van der Waals surface area contributed by atoms with Crippen LogP contribution in [0.3, 0.4) is 0 Å². The number of methoxy groups -OCH3 is 2. The highest BCUT2D eigenvalue weighted by Gasteiger charge is 2.37. The molecular weight excluding hydrogens is 259 g/mol. The summed E-state index contributed by atoms with van der Waals surface area (Å²) in [7, 11) is 2.78.